The fourth-order valence-corrected chi connectivity index (χ4v) is 1.40. The van der Waals surface area contributed by atoms with Crippen molar-refractivity contribution in [3.05, 3.63) is 23.9 Å². The first-order valence-electron chi connectivity index (χ1n) is 4.80. The fourth-order valence-electron chi connectivity index (χ4n) is 1.23. The molecule has 2 rings (SSSR count). The van der Waals surface area contributed by atoms with Crippen molar-refractivity contribution in [1.29, 1.82) is 0 Å². The van der Waals surface area contributed by atoms with E-state index in [9.17, 15) is 4.79 Å². The summed E-state index contributed by atoms with van der Waals surface area (Å²) in [7, 11) is 0. The third kappa shape index (κ3) is 2.70. The molecule has 2 heterocycles. The van der Waals surface area contributed by atoms with Crippen LogP contribution in [-0.2, 0) is 8.57 Å². The van der Waals surface area contributed by atoms with E-state index in [4.69, 9.17) is 9.47 Å². The second-order valence-electron chi connectivity index (χ2n) is 3.44. The van der Waals surface area contributed by atoms with Gasteiger partial charge in [0.15, 0.2) is 22.0 Å². The number of hydrogen-bond acceptors (Lipinski definition) is 5. The zero-order valence-electron chi connectivity index (χ0n) is 8.39. The van der Waals surface area contributed by atoms with E-state index in [0.29, 0.717) is 18.4 Å². The standard InChI is InChI=1S/C10H10BrNO4/c11-16-10(13)8-2-1-3-9(12-8)15-6-7-4-14-5-7/h1-3,7H,4-6H2. The van der Waals surface area contributed by atoms with E-state index in [1.165, 1.54) is 0 Å². The molecule has 0 radical (unpaired) electrons. The van der Waals surface area contributed by atoms with Crippen molar-refractivity contribution in [1.82, 2.24) is 4.98 Å². The van der Waals surface area contributed by atoms with E-state index >= 15 is 0 Å². The summed E-state index contributed by atoms with van der Waals surface area (Å²) in [4.78, 5) is 15.2. The van der Waals surface area contributed by atoms with Crippen molar-refractivity contribution >= 4 is 22.2 Å². The molecule has 0 unspecified atom stereocenters. The number of nitrogens with zero attached hydrogens (tertiary/aromatic N) is 1. The molecule has 0 saturated carbocycles. The molecule has 5 nitrogen and oxygen atoms in total. The predicted molar refractivity (Wildman–Crippen MR) is 58.4 cm³/mol. The highest BCUT2D eigenvalue weighted by Gasteiger charge is 2.19. The van der Waals surface area contributed by atoms with Crippen LogP contribution in [0, 0.1) is 5.92 Å². The van der Waals surface area contributed by atoms with Crippen LogP contribution < -0.4 is 4.74 Å². The number of aromatic nitrogens is 1. The van der Waals surface area contributed by atoms with Gasteiger partial charge in [0.2, 0.25) is 5.88 Å². The lowest BCUT2D eigenvalue weighted by atomic mass is 10.1. The Morgan fingerprint density at radius 1 is 1.56 bits per heavy atom. The van der Waals surface area contributed by atoms with Gasteiger partial charge in [-0.2, -0.15) is 0 Å². The third-order valence-electron chi connectivity index (χ3n) is 2.18. The zero-order chi connectivity index (χ0) is 11.4. The molecule has 1 aromatic rings. The van der Waals surface area contributed by atoms with E-state index in [-0.39, 0.29) is 5.69 Å². The first kappa shape index (κ1) is 11.3. The third-order valence-corrected chi connectivity index (χ3v) is 2.47. The lowest BCUT2D eigenvalue weighted by Gasteiger charge is -2.25. The molecule has 1 aliphatic rings. The van der Waals surface area contributed by atoms with E-state index in [1.807, 2.05) is 0 Å². The first-order valence-corrected chi connectivity index (χ1v) is 5.45. The van der Waals surface area contributed by atoms with Gasteiger partial charge in [-0.3, -0.25) is 0 Å². The maximum Gasteiger partial charge on any atom is 0.368 e. The number of carbonyl (C=O) groups excluding carboxylic acids is 1. The minimum atomic E-state index is -0.544. The number of hydrogen-bond donors (Lipinski definition) is 0. The largest absolute Gasteiger partial charge is 0.477 e. The quantitative estimate of drug-likeness (QED) is 0.841. The number of carbonyl (C=O) groups is 1. The van der Waals surface area contributed by atoms with Crippen LogP contribution in [0.1, 0.15) is 10.5 Å². The average molecular weight is 288 g/mol. The van der Waals surface area contributed by atoms with Crippen LogP contribution in [-0.4, -0.2) is 30.8 Å². The Balaban J connectivity index is 1.95. The van der Waals surface area contributed by atoms with Gasteiger partial charge in [0.25, 0.3) is 0 Å². The van der Waals surface area contributed by atoms with Gasteiger partial charge in [-0.15, -0.1) is 0 Å². The van der Waals surface area contributed by atoms with E-state index in [2.05, 4.69) is 25.1 Å². The van der Waals surface area contributed by atoms with Gasteiger partial charge >= 0.3 is 5.97 Å². The molecule has 1 saturated heterocycles. The monoisotopic (exact) mass is 287 g/mol. The van der Waals surface area contributed by atoms with Crippen LogP contribution in [0.5, 0.6) is 5.88 Å². The number of pyridine rings is 1. The van der Waals surface area contributed by atoms with Gasteiger partial charge in [0.05, 0.1) is 19.8 Å². The SMILES string of the molecule is O=C(OBr)c1cccc(OCC2COC2)n1. The van der Waals surface area contributed by atoms with Crippen molar-refractivity contribution in [2.45, 2.75) is 0 Å². The van der Waals surface area contributed by atoms with Crippen molar-refractivity contribution in [3.8, 4) is 5.88 Å². The molecule has 0 aromatic carbocycles. The Morgan fingerprint density at radius 3 is 3.00 bits per heavy atom. The van der Waals surface area contributed by atoms with Crippen LogP contribution in [0.3, 0.4) is 0 Å². The molecule has 0 spiro atoms. The molecule has 0 N–H and O–H groups in total. The molecule has 0 aliphatic carbocycles. The summed E-state index contributed by atoms with van der Waals surface area (Å²) in [6.45, 7) is 2.01. The van der Waals surface area contributed by atoms with Gasteiger partial charge in [-0.1, -0.05) is 6.07 Å². The van der Waals surface area contributed by atoms with Crippen molar-refractivity contribution in [3.63, 3.8) is 0 Å². The predicted octanol–water partition coefficient (Wildman–Crippen LogP) is 1.57. The smallest absolute Gasteiger partial charge is 0.368 e. The Labute approximate surface area is 101 Å². The summed E-state index contributed by atoms with van der Waals surface area (Å²) in [5.41, 5.74) is 0.208. The van der Waals surface area contributed by atoms with E-state index < -0.39 is 5.97 Å². The maximum absolute atomic E-state index is 11.2. The topological polar surface area (TPSA) is 57.7 Å². The van der Waals surface area contributed by atoms with Crippen molar-refractivity contribution in [2.24, 2.45) is 5.92 Å². The number of halogens is 1. The summed E-state index contributed by atoms with van der Waals surface area (Å²) < 4.78 is 14.8. The summed E-state index contributed by atoms with van der Waals surface area (Å²) in [6, 6.07) is 4.95. The molecule has 6 heteroatoms. The molecular formula is C10H10BrNO4. The van der Waals surface area contributed by atoms with Crippen molar-refractivity contribution in [2.75, 3.05) is 19.8 Å². The number of rotatable bonds is 4. The van der Waals surface area contributed by atoms with Gasteiger partial charge in [0.1, 0.15) is 0 Å². The minimum absolute atomic E-state index is 0.208. The van der Waals surface area contributed by atoms with Crippen LogP contribution in [0.4, 0.5) is 0 Å². The zero-order valence-corrected chi connectivity index (χ0v) is 9.97. The summed E-state index contributed by atoms with van der Waals surface area (Å²) in [5.74, 6) is 0.299. The van der Waals surface area contributed by atoms with Gasteiger partial charge in [-0.05, 0) is 6.07 Å². The fraction of sp³-hybridized carbons (Fsp3) is 0.400. The van der Waals surface area contributed by atoms with Gasteiger partial charge in [-0.25, -0.2) is 9.78 Å². The summed E-state index contributed by atoms with van der Waals surface area (Å²) in [6.07, 6.45) is 0. The normalized spacial score (nSPS) is 15.3. The summed E-state index contributed by atoms with van der Waals surface area (Å²) in [5, 5.41) is 0. The summed E-state index contributed by atoms with van der Waals surface area (Å²) >= 11 is 2.61. The lowest BCUT2D eigenvalue weighted by molar-refractivity contribution is -0.0514. The van der Waals surface area contributed by atoms with Crippen LogP contribution >= 0.6 is 16.3 Å². The highest BCUT2D eigenvalue weighted by atomic mass is 79.9. The number of ether oxygens (including phenoxy) is 2. The van der Waals surface area contributed by atoms with Crippen LogP contribution in [0.15, 0.2) is 18.2 Å². The molecule has 1 fully saturated rings. The Hall–Kier alpha value is -1.14. The van der Waals surface area contributed by atoms with Crippen LogP contribution in [0.2, 0.25) is 0 Å². The molecule has 16 heavy (non-hydrogen) atoms. The second-order valence-corrected chi connectivity index (χ2v) is 3.76. The minimum Gasteiger partial charge on any atom is -0.477 e. The van der Waals surface area contributed by atoms with Gasteiger partial charge < -0.3 is 13.3 Å². The molecule has 0 amide bonds. The van der Waals surface area contributed by atoms with Gasteiger partial charge in [0, 0.05) is 12.0 Å². The highest BCUT2D eigenvalue weighted by Crippen LogP contribution is 2.14. The first-order chi connectivity index (χ1) is 7.79. The molecule has 86 valence electrons. The van der Waals surface area contributed by atoms with E-state index in [1.54, 1.807) is 18.2 Å². The van der Waals surface area contributed by atoms with E-state index in [0.717, 1.165) is 13.2 Å². The maximum atomic E-state index is 11.2. The second kappa shape index (κ2) is 5.27. The molecule has 0 bridgehead atoms. The van der Waals surface area contributed by atoms with Crippen molar-refractivity contribution < 1.29 is 18.1 Å². The molecule has 1 aromatic heterocycles. The molecular weight excluding hydrogens is 278 g/mol. The molecule has 1 aliphatic heterocycles. The average Bonchev–Trinajstić information content (AvgIpc) is 2.26. The molecule has 0 atom stereocenters. The lowest BCUT2D eigenvalue weighted by Crippen LogP contribution is -2.32. The highest BCUT2D eigenvalue weighted by molar-refractivity contribution is 9.06. The Kier molecular flexibility index (Phi) is 3.74. The Bertz CT molecular complexity index is 381. The Morgan fingerprint density at radius 2 is 2.38 bits per heavy atom. The van der Waals surface area contributed by atoms with Crippen LogP contribution in [0.25, 0.3) is 0 Å².